The van der Waals surface area contributed by atoms with E-state index in [1.807, 2.05) is 0 Å². The highest BCUT2D eigenvalue weighted by Crippen LogP contribution is 2.26. The van der Waals surface area contributed by atoms with E-state index in [4.69, 9.17) is 27.9 Å². The van der Waals surface area contributed by atoms with Crippen molar-refractivity contribution in [3.8, 4) is 5.75 Å². The quantitative estimate of drug-likeness (QED) is 0.785. The van der Waals surface area contributed by atoms with Gasteiger partial charge in [0.2, 0.25) is 5.91 Å². The minimum Gasteiger partial charge on any atom is -0.484 e. The number of benzene rings is 1. The molecule has 0 aromatic heterocycles. The molecule has 0 aliphatic carbocycles. The van der Waals surface area contributed by atoms with Crippen LogP contribution in [0.25, 0.3) is 0 Å². The van der Waals surface area contributed by atoms with Gasteiger partial charge in [0.05, 0.1) is 10.0 Å². The summed E-state index contributed by atoms with van der Waals surface area (Å²) in [6.07, 6.45) is 0. The Balaban J connectivity index is 2.26. The van der Waals surface area contributed by atoms with Gasteiger partial charge in [0.15, 0.2) is 6.61 Å². The molecule has 0 aliphatic rings. The Kier molecular flexibility index (Phi) is 6.45. The Morgan fingerprint density at radius 3 is 2.47 bits per heavy atom. The number of carbonyl (C=O) groups excluding carboxylic acids is 2. The lowest BCUT2D eigenvalue weighted by atomic mass is 10.3. The average molecular weight is 305 g/mol. The van der Waals surface area contributed by atoms with Gasteiger partial charge in [-0.2, -0.15) is 0 Å². The zero-order valence-electron chi connectivity index (χ0n) is 10.3. The lowest BCUT2D eigenvalue weighted by Crippen LogP contribution is -2.36. The number of halogens is 2. The van der Waals surface area contributed by atoms with Crippen LogP contribution in [-0.4, -0.2) is 31.5 Å². The summed E-state index contributed by atoms with van der Waals surface area (Å²) >= 11 is 11.6. The highest BCUT2D eigenvalue weighted by Gasteiger charge is 2.04. The number of hydrogen-bond acceptors (Lipinski definition) is 3. The first-order valence-electron chi connectivity index (χ1n) is 5.58. The Bertz CT molecular complexity index is 466. The Morgan fingerprint density at radius 1 is 1.16 bits per heavy atom. The monoisotopic (exact) mass is 304 g/mol. The van der Waals surface area contributed by atoms with Crippen molar-refractivity contribution in [2.24, 2.45) is 0 Å². The van der Waals surface area contributed by atoms with Crippen molar-refractivity contribution in [3.05, 3.63) is 28.2 Å². The molecule has 7 heteroatoms. The molecule has 0 spiro atoms. The fourth-order valence-corrected chi connectivity index (χ4v) is 1.50. The number of hydrogen-bond donors (Lipinski definition) is 2. The molecule has 2 amide bonds. The molecule has 104 valence electrons. The average Bonchev–Trinajstić information content (AvgIpc) is 2.36. The molecule has 0 radical (unpaired) electrons. The topological polar surface area (TPSA) is 67.4 Å². The lowest BCUT2D eigenvalue weighted by molar-refractivity contribution is -0.123. The molecule has 1 aromatic carbocycles. The zero-order chi connectivity index (χ0) is 14.3. The molecule has 0 unspecified atom stereocenters. The minimum atomic E-state index is -0.281. The second-order valence-electron chi connectivity index (χ2n) is 3.70. The summed E-state index contributed by atoms with van der Waals surface area (Å²) in [5.74, 6) is 0.0455. The molecule has 0 bridgehead atoms. The van der Waals surface area contributed by atoms with Crippen LogP contribution in [0.15, 0.2) is 18.2 Å². The van der Waals surface area contributed by atoms with E-state index in [1.54, 1.807) is 12.1 Å². The van der Waals surface area contributed by atoms with Gasteiger partial charge >= 0.3 is 0 Å². The predicted molar refractivity (Wildman–Crippen MR) is 73.7 cm³/mol. The third-order valence-corrected chi connectivity index (χ3v) is 2.82. The highest BCUT2D eigenvalue weighted by molar-refractivity contribution is 6.42. The molecular formula is C12H14Cl2N2O3. The SMILES string of the molecule is CC(=O)NCCNC(=O)COc1ccc(Cl)c(Cl)c1. The summed E-state index contributed by atoms with van der Waals surface area (Å²) in [5, 5.41) is 5.95. The largest absolute Gasteiger partial charge is 0.484 e. The predicted octanol–water partition coefficient (Wildman–Crippen LogP) is 1.62. The Hall–Kier alpha value is -1.46. The first kappa shape index (κ1) is 15.6. The standard InChI is InChI=1S/C12H14Cl2N2O3/c1-8(17)15-4-5-16-12(18)7-19-9-2-3-10(13)11(14)6-9/h2-3,6H,4-5,7H2,1H3,(H,15,17)(H,16,18). The van der Waals surface area contributed by atoms with Crippen molar-refractivity contribution in [2.75, 3.05) is 19.7 Å². The lowest BCUT2D eigenvalue weighted by Gasteiger charge is -2.08. The molecule has 0 heterocycles. The van der Waals surface area contributed by atoms with Gasteiger partial charge in [-0.25, -0.2) is 0 Å². The van der Waals surface area contributed by atoms with Crippen molar-refractivity contribution >= 4 is 35.0 Å². The fraction of sp³-hybridized carbons (Fsp3) is 0.333. The van der Waals surface area contributed by atoms with Crippen molar-refractivity contribution < 1.29 is 14.3 Å². The summed E-state index contributed by atoms with van der Waals surface area (Å²) in [5.41, 5.74) is 0. The molecule has 2 N–H and O–H groups in total. The van der Waals surface area contributed by atoms with E-state index in [0.29, 0.717) is 28.9 Å². The molecule has 0 saturated carbocycles. The molecule has 1 aromatic rings. The van der Waals surface area contributed by atoms with Crippen LogP contribution in [0.4, 0.5) is 0 Å². The van der Waals surface area contributed by atoms with Crippen LogP contribution >= 0.6 is 23.2 Å². The van der Waals surface area contributed by atoms with Gasteiger partial charge in [0.25, 0.3) is 5.91 Å². The van der Waals surface area contributed by atoms with E-state index in [9.17, 15) is 9.59 Å². The van der Waals surface area contributed by atoms with Crippen molar-refractivity contribution in [1.82, 2.24) is 10.6 Å². The molecule has 0 saturated heterocycles. The maximum absolute atomic E-state index is 11.4. The van der Waals surface area contributed by atoms with Crippen LogP contribution in [0.3, 0.4) is 0 Å². The van der Waals surface area contributed by atoms with Crippen LogP contribution in [-0.2, 0) is 9.59 Å². The van der Waals surface area contributed by atoms with E-state index in [1.165, 1.54) is 13.0 Å². The van der Waals surface area contributed by atoms with Crippen molar-refractivity contribution in [2.45, 2.75) is 6.92 Å². The van der Waals surface area contributed by atoms with Crippen LogP contribution in [0.5, 0.6) is 5.75 Å². The molecule has 0 atom stereocenters. The maximum atomic E-state index is 11.4. The first-order chi connectivity index (χ1) is 8.99. The zero-order valence-corrected chi connectivity index (χ0v) is 11.8. The third-order valence-electron chi connectivity index (χ3n) is 2.08. The van der Waals surface area contributed by atoms with Gasteiger partial charge in [0, 0.05) is 26.1 Å². The van der Waals surface area contributed by atoms with E-state index in [2.05, 4.69) is 10.6 Å². The van der Waals surface area contributed by atoms with E-state index in [0.717, 1.165) is 0 Å². The number of carbonyl (C=O) groups is 2. The number of ether oxygens (including phenoxy) is 1. The number of amides is 2. The molecule has 5 nitrogen and oxygen atoms in total. The Labute approximate surface area is 121 Å². The summed E-state index contributed by atoms with van der Waals surface area (Å²) in [6.45, 7) is 2.02. The second kappa shape index (κ2) is 7.86. The highest BCUT2D eigenvalue weighted by atomic mass is 35.5. The molecule has 1 rings (SSSR count). The summed E-state index contributed by atoms with van der Waals surface area (Å²) in [7, 11) is 0. The minimum absolute atomic E-state index is 0.127. The Morgan fingerprint density at radius 2 is 1.84 bits per heavy atom. The molecule has 0 aliphatic heterocycles. The number of nitrogens with one attached hydrogen (secondary N) is 2. The van der Waals surface area contributed by atoms with Crippen molar-refractivity contribution in [1.29, 1.82) is 0 Å². The molecule has 19 heavy (non-hydrogen) atoms. The van der Waals surface area contributed by atoms with Gasteiger partial charge in [-0.3, -0.25) is 9.59 Å². The normalized spacial score (nSPS) is 9.84. The van der Waals surface area contributed by atoms with E-state index in [-0.39, 0.29) is 18.4 Å². The van der Waals surface area contributed by atoms with E-state index < -0.39 is 0 Å². The third kappa shape index (κ3) is 6.31. The summed E-state index contributed by atoms with van der Waals surface area (Å²) in [6, 6.07) is 4.75. The van der Waals surface area contributed by atoms with Crippen LogP contribution in [0, 0.1) is 0 Å². The van der Waals surface area contributed by atoms with Crippen molar-refractivity contribution in [3.63, 3.8) is 0 Å². The van der Waals surface area contributed by atoms with Crippen LogP contribution < -0.4 is 15.4 Å². The smallest absolute Gasteiger partial charge is 0.258 e. The van der Waals surface area contributed by atoms with E-state index >= 15 is 0 Å². The van der Waals surface area contributed by atoms with Crippen LogP contribution in [0.1, 0.15) is 6.92 Å². The van der Waals surface area contributed by atoms with Crippen LogP contribution in [0.2, 0.25) is 10.0 Å². The number of rotatable bonds is 6. The fourth-order valence-electron chi connectivity index (χ4n) is 1.21. The molecule has 0 fully saturated rings. The summed E-state index contributed by atoms with van der Waals surface area (Å²) < 4.78 is 5.24. The second-order valence-corrected chi connectivity index (χ2v) is 4.51. The molecular weight excluding hydrogens is 291 g/mol. The van der Waals surface area contributed by atoms with Gasteiger partial charge in [-0.1, -0.05) is 23.2 Å². The first-order valence-corrected chi connectivity index (χ1v) is 6.33. The van der Waals surface area contributed by atoms with Gasteiger partial charge in [-0.15, -0.1) is 0 Å². The van der Waals surface area contributed by atoms with Gasteiger partial charge in [0.1, 0.15) is 5.75 Å². The maximum Gasteiger partial charge on any atom is 0.258 e. The van der Waals surface area contributed by atoms with Gasteiger partial charge < -0.3 is 15.4 Å². The van der Waals surface area contributed by atoms with Gasteiger partial charge in [-0.05, 0) is 12.1 Å². The summed E-state index contributed by atoms with van der Waals surface area (Å²) in [4.78, 5) is 22.0.